The Bertz CT molecular complexity index is 559. The van der Waals surface area contributed by atoms with E-state index in [0.29, 0.717) is 23.8 Å². The summed E-state index contributed by atoms with van der Waals surface area (Å²) in [4.78, 5) is 4.19. The third-order valence-corrected chi connectivity index (χ3v) is 4.92. The average molecular weight is 271 g/mol. The van der Waals surface area contributed by atoms with Crippen LogP contribution in [0.5, 0.6) is 5.88 Å². The molecule has 0 saturated carbocycles. The molecular weight excluding hydrogens is 254 g/mol. The van der Waals surface area contributed by atoms with Gasteiger partial charge in [0.25, 0.3) is 0 Å². The average Bonchev–Trinajstić information content (AvgIpc) is 2.56. The smallest absolute Gasteiger partial charge is 0.238 e. The van der Waals surface area contributed by atoms with Gasteiger partial charge < -0.3 is 15.8 Å². The highest BCUT2D eigenvalue weighted by atomic mass is 32.2. The molecule has 1 atom stereocenters. The minimum Gasteiger partial charge on any atom is -0.479 e. The number of hydrogen-bond donors (Lipinski definition) is 2. The molecule has 6 nitrogen and oxygen atoms in total. The first-order valence-corrected chi connectivity index (χ1v) is 7.45. The fourth-order valence-corrected chi connectivity index (χ4v) is 4.20. The van der Waals surface area contributed by atoms with Crippen LogP contribution >= 0.6 is 0 Å². The summed E-state index contributed by atoms with van der Waals surface area (Å²) in [6.07, 6.45) is 0.573. The van der Waals surface area contributed by atoms with Crippen molar-refractivity contribution in [3.63, 3.8) is 0 Å². The van der Waals surface area contributed by atoms with E-state index in [1.54, 1.807) is 12.1 Å². The van der Waals surface area contributed by atoms with Crippen LogP contribution in [0.25, 0.3) is 0 Å². The maximum atomic E-state index is 11.5. The Morgan fingerprint density at radius 2 is 2.22 bits per heavy atom. The number of pyridine rings is 1. The first-order valence-electron chi connectivity index (χ1n) is 5.63. The van der Waals surface area contributed by atoms with Crippen LogP contribution in [0.2, 0.25) is 0 Å². The highest BCUT2D eigenvalue weighted by molar-refractivity contribution is 7.91. The minimum absolute atomic E-state index is 0.119. The highest BCUT2D eigenvalue weighted by Gasteiger charge is 2.38. The number of sulfone groups is 1. The van der Waals surface area contributed by atoms with Crippen LogP contribution in [0, 0.1) is 0 Å². The number of nitrogen functional groups attached to an aromatic ring is 1. The largest absolute Gasteiger partial charge is 0.479 e. The second kappa shape index (κ2) is 4.31. The quantitative estimate of drug-likeness (QED) is 0.838. The summed E-state index contributed by atoms with van der Waals surface area (Å²) >= 11 is 0. The Morgan fingerprint density at radius 1 is 1.50 bits per heavy atom. The Hall–Kier alpha value is -1.50. The lowest BCUT2D eigenvalue weighted by molar-refractivity contribution is 0.400. The highest BCUT2D eigenvalue weighted by Crippen LogP contribution is 2.28. The van der Waals surface area contributed by atoms with Gasteiger partial charge in [-0.25, -0.2) is 8.42 Å². The molecule has 1 aliphatic rings. The summed E-state index contributed by atoms with van der Waals surface area (Å²) in [7, 11) is -1.45. The Morgan fingerprint density at radius 3 is 2.78 bits per heavy atom. The number of nitrogens with zero attached hydrogens (tertiary/aromatic N) is 1. The van der Waals surface area contributed by atoms with Crippen molar-refractivity contribution in [2.75, 3.05) is 29.7 Å². The number of methoxy groups -OCH3 is 1. The fraction of sp³-hybridized carbons (Fsp3) is 0.545. The number of anilines is 2. The van der Waals surface area contributed by atoms with E-state index in [0.717, 1.165) is 0 Å². The second-order valence-corrected chi connectivity index (χ2v) is 7.01. The van der Waals surface area contributed by atoms with Gasteiger partial charge in [-0.05, 0) is 25.5 Å². The molecule has 1 aromatic rings. The molecule has 1 unspecified atom stereocenters. The molecule has 1 aromatic heterocycles. The summed E-state index contributed by atoms with van der Waals surface area (Å²) < 4.78 is 28.0. The number of ether oxygens (including phenoxy) is 1. The predicted octanol–water partition coefficient (Wildman–Crippen LogP) is 0.661. The van der Waals surface area contributed by atoms with E-state index in [1.165, 1.54) is 7.11 Å². The van der Waals surface area contributed by atoms with Gasteiger partial charge in [0.2, 0.25) is 5.88 Å². The van der Waals surface area contributed by atoms with Gasteiger partial charge in [0.15, 0.2) is 9.84 Å². The maximum Gasteiger partial charge on any atom is 0.238 e. The fourth-order valence-electron chi connectivity index (χ4n) is 2.10. The zero-order chi connectivity index (χ0) is 13.4. The number of nitrogens with two attached hydrogens (primary N) is 1. The molecule has 100 valence electrons. The van der Waals surface area contributed by atoms with E-state index in [9.17, 15) is 8.42 Å². The van der Waals surface area contributed by atoms with Gasteiger partial charge in [0.1, 0.15) is 5.82 Å². The van der Waals surface area contributed by atoms with E-state index in [2.05, 4.69) is 10.3 Å². The van der Waals surface area contributed by atoms with Gasteiger partial charge in [-0.3, -0.25) is 0 Å². The molecule has 7 heteroatoms. The maximum absolute atomic E-state index is 11.5. The van der Waals surface area contributed by atoms with Gasteiger partial charge in [0.05, 0.1) is 29.8 Å². The molecule has 0 aliphatic carbocycles. The standard InChI is InChI=1S/C11H17N3O3S/c1-11(5-6-18(15,16)7-11)14-9-4-3-8(12)10(13-9)17-2/h3-4H,5-7,12H2,1-2H3,(H,13,14). The lowest BCUT2D eigenvalue weighted by Crippen LogP contribution is -2.36. The van der Waals surface area contributed by atoms with E-state index in [1.807, 2.05) is 6.92 Å². The number of hydrogen-bond acceptors (Lipinski definition) is 6. The van der Waals surface area contributed by atoms with E-state index in [-0.39, 0.29) is 11.5 Å². The molecule has 0 radical (unpaired) electrons. The molecular formula is C11H17N3O3S. The molecule has 0 amide bonds. The predicted molar refractivity (Wildman–Crippen MR) is 70.5 cm³/mol. The number of nitrogens with one attached hydrogen (secondary N) is 1. The lowest BCUT2D eigenvalue weighted by Gasteiger charge is -2.24. The van der Waals surface area contributed by atoms with Crippen molar-refractivity contribution in [1.82, 2.24) is 4.98 Å². The van der Waals surface area contributed by atoms with Crippen LogP contribution in [0.1, 0.15) is 13.3 Å². The second-order valence-electron chi connectivity index (χ2n) is 4.82. The van der Waals surface area contributed by atoms with Crippen molar-refractivity contribution in [2.45, 2.75) is 18.9 Å². The molecule has 1 aliphatic heterocycles. The first-order chi connectivity index (χ1) is 8.34. The summed E-state index contributed by atoms with van der Waals surface area (Å²) in [5, 5.41) is 3.15. The SMILES string of the molecule is COc1nc(NC2(C)CCS(=O)(=O)C2)ccc1N. The van der Waals surface area contributed by atoms with Crippen molar-refractivity contribution in [1.29, 1.82) is 0 Å². The van der Waals surface area contributed by atoms with E-state index in [4.69, 9.17) is 10.5 Å². The molecule has 0 spiro atoms. The molecule has 2 heterocycles. The first kappa shape index (κ1) is 12.9. The lowest BCUT2D eigenvalue weighted by atomic mass is 10.0. The number of rotatable bonds is 3. The summed E-state index contributed by atoms with van der Waals surface area (Å²) in [5.74, 6) is 1.24. The van der Waals surface area contributed by atoms with Crippen LogP contribution in [0.15, 0.2) is 12.1 Å². The molecule has 0 aromatic carbocycles. The van der Waals surface area contributed by atoms with Crippen molar-refractivity contribution in [3.05, 3.63) is 12.1 Å². The van der Waals surface area contributed by atoms with Gasteiger partial charge in [-0.2, -0.15) is 4.98 Å². The van der Waals surface area contributed by atoms with Gasteiger partial charge in [-0.1, -0.05) is 0 Å². The van der Waals surface area contributed by atoms with Crippen LogP contribution < -0.4 is 15.8 Å². The molecule has 1 saturated heterocycles. The molecule has 1 fully saturated rings. The zero-order valence-electron chi connectivity index (χ0n) is 10.4. The molecule has 18 heavy (non-hydrogen) atoms. The van der Waals surface area contributed by atoms with Crippen molar-refractivity contribution in [2.24, 2.45) is 0 Å². The van der Waals surface area contributed by atoms with Gasteiger partial charge in [0, 0.05) is 0 Å². The minimum atomic E-state index is -2.94. The molecule has 0 bridgehead atoms. The van der Waals surface area contributed by atoms with E-state index >= 15 is 0 Å². The van der Waals surface area contributed by atoms with E-state index < -0.39 is 15.4 Å². The van der Waals surface area contributed by atoms with Crippen molar-refractivity contribution < 1.29 is 13.2 Å². The zero-order valence-corrected chi connectivity index (χ0v) is 11.3. The Kier molecular flexibility index (Phi) is 3.10. The van der Waals surface area contributed by atoms with Crippen LogP contribution in [-0.2, 0) is 9.84 Å². The monoisotopic (exact) mass is 271 g/mol. The van der Waals surface area contributed by atoms with Gasteiger partial charge >= 0.3 is 0 Å². The Labute approximate surface area is 106 Å². The third-order valence-electron chi connectivity index (χ3n) is 3.02. The summed E-state index contributed by atoms with van der Waals surface area (Å²) in [6.45, 7) is 1.88. The topological polar surface area (TPSA) is 94.3 Å². The van der Waals surface area contributed by atoms with Crippen molar-refractivity contribution >= 4 is 21.3 Å². The molecule has 2 rings (SSSR count). The Balaban J connectivity index is 2.20. The summed E-state index contributed by atoms with van der Waals surface area (Å²) in [6, 6.07) is 3.40. The van der Waals surface area contributed by atoms with Crippen LogP contribution in [-0.4, -0.2) is 37.6 Å². The third kappa shape index (κ3) is 2.66. The van der Waals surface area contributed by atoms with Crippen molar-refractivity contribution in [3.8, 4) is 5.88 Å². The van der Waals surface area contributed by atoms with Crippen LogP contribution in [0.4, 0.5) is 11.5 Å². The molecule has 3 N–H and O–H groups in total. The normalized spacial score (nSPS) is 25.9. The van der Waals surface area contributed by atoms with Crippen LogP contribution in [0.3, 0.4) is 0 Å². The van der Waals surface area contributed by atoms with Gasteiger partial charge in [-0.15, -0.1) is 0 Å². The summed E-state index contributed by atoms with van der Waals surface area (Å²) in [5.41, 5.74) is 5.64. The number of aromatic nitrogens is 1.